The van der Waals surface area contributed by atoms with E-state index in [1.807, 2.05) is 36.4 Å². The fraction of sp³-hybridized carbons (Fsp3) is 0.174. The van der Waals surface area contributed by atoms with Gasteiger partial charge in [-0.3, -0.25) is 14.5 Å². The molecule has 0 aliphatic carbocycles. The number of carbonyl (C=O) groups excluding carboxylic acids is 3. The van der Waals surface area contributed by atoms with Crippen LogP contribution in [0.25, 0.3) is 10.8 Å². The Morgan fingerprint density at radius 1 is 1.00 bits per heavy atom. The molecule has 3 aromatic carbocycles. The van der Waals surface area contributed by atoms with Gasteiger partial charge in [0.2, 0.25) is 5.91 Å². The van der Waals surface area contributed by atoms with Gasteiger partial charge in [-0.05, 0) is 53.6 Å². The number of nitrogens with zero attached hydrogens (tertiary/aromatic N) is 1. The fourth-order valence-corrected chi connectivity index (χ4v) is 4.30. The Hall–Kier alpha value is -3.72. The van der Waals surface area contributed by atoms with E-state index in [2.05, 4.69) is 10.6 Å². The summed E-state index contributed by atoms with van der Waals surface area (Å²) in [4.78, 5) is 39.1. The van der Waals surface area contributed by atoms with Gasteiger partial charge >= 0.3 is 6.03 Å². The first-order chi connectivity index (χ1) is 15.1. The van der Waals surface area contributed by atoms with Crippen molar-refractivity contribution in [3.8, 4) is 0 Å². The topological polar surface area (TPSA) is 113 Å². The molecule has 4 rings (SSSR count). The summed E-state index contributed by atoms with van der Waals surface area (Å²) >= 11 is 0. The van der Waals surface area contributed by atoms with E-state index in [4.69, 9.17) is 0 Å². The zero-order valence-electron chi connectivity index (χ0n) is 17.5. The molecule has 2 N–H and O–H groups in total. The molecule has 0 bridgehead atoms. The standard InChI is InChI=1S/C23H21N3O5S/c1-23(17-8-7-15-5-3-4-6-16(15)13-17)21(28)26(22(29)25-23)14-20(27)24-18-9-11-19(12-10-18)32(2,30)31/h3-13H,14H2,1-2H3,(H,24,27)(H,25,29)/t23-/m1/s1. The summed E-state index contributed by atoms with van der Waals surface area (Å²) in [5.74, 6) is -1.11. The van der Waals surface area contributed by atoms with Gasteiger partial charge in [0.1, 0.15) is 12.1 Å². The first-order valence-corrected chi connectivity index (χ1v) is 11.7. The predicted octanol–water partition coefficient (Wildman–Crippen LogP) is 2.65. The van der Waals surface area contributed by atoms with Crippen molar-refractivity contribution in [3.05, 3.63) is 72.3 Å². The molecule has 0 unspecified atom stereocenters. The lowest BCUT2D eigenvalue weighted by Gasteiger charge is -2.22. The summed E-state index contributed by atoms with van der Waals surface area (Å²) in [6.45, 7) is 1.14. The summed E-state index contributed by atoms with van der Waals surface area (Å²) < 4.78 is 23.1. The molecule has 1 aliphatic rings. The largest absolute Gasteiger partial charge is 0.325 e. The molecule has 1 fully saturated rings. The molecule has 1 heterocycles. The number of hydrogen-bond donors (Lipinski definition) is 2. The van der Waals surface area contributed by atoms with E-state index < -0.39 is 39.8 Å². The molecular weight excluding hydrogens is 430 g/mol. The van der Waals surface area contributed by atoms with Crippen LogP contribution in [-0.4, -0.2) is 44.0 Å². The third-order valence-electron chi connectivity index (χ3n) is 5.47. The maximum absolute atomic E-state index is 13.1. The molecule has 0 spiro atoms. The average Bonchev–Trinajstić information content (AvgIpc) is 2.97. The van der Waals surface area contributed by atoms with Crippen molar-refractivity contribution < 1.29 is 22.8 Å². The number of benzene rings is 3. The van der Waals surface area contributed by atoms with Gasteiger partial charge in [0.15, 0.2) is 9.84 Å². The lowest BCUT2D eigenvalue weighted by Crippen LogP contribution is -2.42. The highest BCUT2D eigenvalue weighted by molar-refractivity contribution is 7.90. The van der Waals surface area contributed by atoms with E-state index in [-0.39, 0.29) is 4.90 Å². The van der Waals surface area contributed by atoms with Crippen LogP contribution in [0.4, 0.5) is 10.5 Å². The minimum absolute atomic E-state index is 0.121. The number of carbonyl (C=O) groups is 3. The highest BCUT2D eigenvalue weighted by atomic mass is 32.2. The zero-order chi connectivity index (χ0) is 23.1. The van der Waals surface area contributed by atoms with Crippen molar-refractivity contribution in [2.24, 2.45) is 0 Å². The van der Waals surface area contributed by atoms with Crippen molar-refractivity contribution in [1.29, 1.82) is 0 Å². The molecule has 1 saturated heterocycles. The number of amides is 4. The van der Waals surface area contributed by atoms with Gasteiger partial charge < -0.3 is 10.6 Å². The van der Waals surface area contributed by atoms with Gasteiger partial charge in [-0.2, -0.15) is 0 Å². The molecular formula is C23H21N3O5S. The minimum atomic E-state index is -3.35. The maximum Gasteiger partial charge on any atom is 0.325 e. The molecule has 0 saturated carbocycles. The number of fused-ring (bicyclic) bond motifs is 1. The number of nitrogens with one attached hydrogen (secondary N) is 2. The van der Waals surface area contributed by atoms with E-state index in [1.165, 1.54) is 24.3 Å². The summed E-state index contributed by atoms with van der Waals surface area (Å²) in [6, 6.07) is 18.2. The fourth-order valence-electron chi connectivity index (χ4n) is 3.67. The van der Waals surface area contributed by atoms with Crippen LogP contribution in [0.5, 0.6) is 0 Å². The molecule has 32 heavy (non-hydrogen) atoms. The average molecular weight is 452 g/mol. The normalized spacial score (nSPS) is 18.6. The monoisotopic (exact) mass is 451 g/mol. The van der Waals surface area contributed by atoms with Crippen molar-refractivity contribution >= 4 is 44.1 Å². The Kier molecular flexibility index (Phi) is 5.21. The molecule has 3 aromatic rings. The predicted molar refractivity (Wildman–Crippen MR) is 120 cm³/mol. The number of sulfone groups is 1. The van der Waals surface area contributed by atoms with Crippen LogP contribution in [0.15, 0.2) is 71.6 Å². The van der Waals surface area contributed by atoms with E-state index >= 15 is 0 Å². The molecule has 164 valence electrons. The zero-order valence-corrected chi connectivity index (χ0v) is 18.3. The number of anilines is 1. The number of rotatable bonds is 5. The van der Waals surface area contributed by atoms with E-state index in [9.17, 15) is 22.8 Å². The second-order valence-corrected chi connectivity index (χ2v) is 9.87. The molecule has 0 radical (unpaired) electrons. The summed E-state index contributed by atoms with van der Waals surface area (Å²) in [6.07, 6.45) is 1.09. The highest BCUT2D eigenvalue weighted by Crippen LogP contribution is 2.31. The quantitative estimate of drug-likeness (QED) is 0.579. The van der Waals surface area contributed by atoms with Gasteiger partial charge in [-0.15, -0.1) is 0 Å². The summed E-state index contributed by atoms with van der Waals surface area (Å²) in [7, 11) is -3.35. The van der Waals surface area contributed by atoms with Gasteiger partial charge in [0.05, 0.1) is 4.90 Å². The second kappa shape index (κ2) is 7.76. The first-order valence-electron chi connectivity index (χ1n) is 9.81. The molecule has 1 atom stereocenters. The van der Waals surface area contributed by atoms with E-state index in [1.54, 1.807) is 13.0 Å². The van der Waals surface area contributed by atoms with Gasteiger partial charge in [0, 0.05) is 11.9 Å². The van der Waals surface area contributed by atoms with Crippen LogP contribution < -0.4 is 10.6 Å². The molecule has 1 aliphatic heterocycles. The second-order valence-electron chi connectivity index (χ2n) is 7.85. The van der Waals surface area contributed by atoms with Crippen LogP contribution in [0.2, 0.25) is 0 Å². The maximum atomic E-state index is 13.1. The van der Waals surface area contributed by atoms with Crippen LogP contribution in [-0.2, 0) is 25.0 Å². The molecule has 4 amide bonds. The van der Waals surface area contributed by atoms with Crippen molar-refractivity contribution in [3.63, 3.8) is 0 Å². The lowest BCUT2D eigenvalue weighted by molar-refractivity contribution is -0.133. The van der Waals surface area contributed by atoms with Crippen LogP contribution in [0, 0.1) is 0 Å². The van der Waals surface area contributed by atoms with Crippen LogP contribution >= 0.6 is 0 Å². The number of hydrogen-bond acceptors (Lipinski definition) is 5. The highest BCUT2D eigenvalue weighted by Gasteiger charge is 2.49. The van der Waals surface area contributed by atoms with Crippen molar-refractivity contribution in [1.82, 2.24) is 10.2 Å². The SMILES string of the molecule is C[C@]1(c2ccc3ccccc3c2)NC(=O)N(CC(=O)Nc2ccc(S(C)(=O)=O)cc2)C1=O. The minimum Gasteiger partial charge on any atom is -0.325 e. The first kappa shape index (κ1) is 21.5. The molecule has 0 aromatic heterocycles. The van der Waals surface area contributed by atoms with Crippen LogP contribution in [0.1, 0.15) is 12.5 Å². The third-order valence-corrected chi connectivity index (χ3v) is 6.60. The van der Waals surface area contributed by atoms with E-state index in [0.717, 1.165) is 21.9 Å². The Bertz CT molecular complexity index is 1350. The molecule has 8 nitrogen and oxygen atoms in total. The molecule has 9 heteroatoms. The van der Waals surface area contributed by atoms with Gasteiger partial charge in [-0.25, -0.2) is 13.2 Å². The lowest BCUT2D eigenvalue weighted by atomic mass is 9.90. The van der Waals surface area contributed by atoms with Crippen LogP contribution in [0.3, 0.4) is 0 Å². The van der Waals surface area contributed by atoms with Crippen molar-refractivity contribution in [2.45, 2.75) is 17.4 Å². The Labute approximate surface area is 185 Å². The number of urea groups is 1. The van der Waals surface area contributed by atoms with Gasteiger partial charge in [-0.1, -0.05) is 36.4 Å². The Morgan fingerprint density at radius 2 is 1.66 bits per heavy atom. The van der Waals surface area contributed by atoms with Gasteiger partial charge in [0.25, 0.3) is 5.91 Å². The smallest absolute Gasteiger partial charge is 0.325 e. The summed E-state index contributed by atoms with van der Waals surface area (Å²) in [5, 5.41) is 7.21. The summed E-state index contributed by atoms with van der Waals surface area (Å²) in [5.41, 5.74) is -0.320. The Balaban J connectivity index is 1.50. The van der Waals surface area contributed by atoms with Crippen molar-refractivity contribution in [2.75, 3.05) is 18.1 Å². The van der Waals surface area contributed by atoms with E-state index in [0.29, 0.717) is 11.3 Å². The number of imide groups is 1. The third kappa shape index (κ3) is 3.94. The Morgan fingerprint density at radius 3 is 2.31 bits per heavy atom.